The topological polar surface area (TPSA) is 20.3 Å². The molecule has 1 aliphatic heterocycles. The Morgan fingerprint density at radius 1 is 1.24 bits per heavy atom. The van der Waals surface area contributed by atoms with Crippen molar-refractivity contribution in [3.63, 3.8) is 0 Å². The maximum absolute atomic E-state index is 13.8. The highest BCUT2D eigenvalue weighted by atomic mass is 19.1. The first-order chi connectivity index (χ1) is 10.1. The molecule has 0 bridgehead atoms. The number of allylic oxidation sites excluding steroid dienone is 1. The van der Waals surface area contributed by atoms with E-state index in [1.807, 2.05) is 30.3 Å². The molecule has 3 rings (SSSR count). The molecule has 106 valence electrons. The number of carbonyl (C=O) groups excluding carboxylic acids is 1. The summed E-state index contributed by atoms with van der Waals surface area (Å²) in [4.78, 5) is 14.5. The summed E-state index contributed by atoms with van der Waals surface area (Å²) in [7, 11) is 1.73. The number of hydrogen-bond acceptors (Lipinski definition) is 1. The zero-order chi connectivity index (χ0) is 15.0. The number of halogens is 1. The molecule has 2 aromatic carbocycles. The molecule has 0 saturated heterocycles. The van der Waals surface area contributed by atoms with Crippen LogP contribution in [0, 0.1) is 5.82 Å². The van der Waals surface area contributed by atoms with Crippen LogP contribution >= 0.6 is 0 Å². The van der Waals surface area contributed by atoms with Crippen LogP contribution in [0.1, 0.15) is 17.5 Å². The second kappa shape index (κ2) is 4.85. The second-order valence-electron chi connectivity index (χ2n) is 5.29. The van der Waals surface area contributed by atoms with Gasteiger partial charge in [-0.1, -0.05) is 36.4 Å². The third-order valence-corrected chi connectivity index (χ3v) is 4.17. The molecule has 21 heavy (non-hydrogen) atoms. The zero-order valence-corrected chi connectivity index (χ0v) is 11.8. The maximum Gasteiger partial charge on any atom is 0.242 e. The maximum atomic E-state index is 13.8. The van der Waals surface area contributed by atoms with E-state index in [9.17, 15) is 9.18 Å². The number of rotatable bonds is 3. The quantitative estimate of drug-likeness (QED) is 0.786. The van der Waals surface area contributed by atoms with Crippen molar-refractivity contribution < 1.29 is 9.18 Å². The van der Waals surface area contributed by atoms with Crippen molar-refractivity contribution in [2.24, 2.45) is 0 Å². The third kappa shape index (κ3) is 1.81. The molecule has 0 aromatic heterocycles. The zero-order valence-electron chi connectivity index (χ0n) is 11.8. The van der Waals surface area contributed by atoms with Crippen molar-refractivity contribution in [1.29, 1.82) is 0 Å². The molecule has 2 nitrogen and oxygen atoms in total. The highest BCUT2D eigenvalue weighted by Gasteiger charge is 2.50. The van der Waals surface area contributed by atoms with Crippen LogP contribution in [0.3, 0.4) is 0 Å². The van der Waals surface area contributed by atoms with Crippen LogP contribution < -0.4 is 4.90 Å². The molecular weight excluding hydrogens is 265 g/mol. The van der Waals surface area contributed by atoms with Gasteiger partial charge in [-0.05, 0) is 35.7 Å². The third-order valence-electron chi connectivity index (χ3n) is 4.17. The van der Waals surface area contributed by atoms with Crippen LogP contribution in [0.5, 0.6) is 0 Å². The molecule has 1 aliphatic rings. The molecule has 0 radical (unpaired) electrons. The first-order valence-electron chi connectivity index (χ1n) is 6.86. The van der Waals surface area contributed by atoms with Crippen molar-refractivity contribution in [2.45, 2.75) is 11.8 Å². The number of anilines is 1. The molecule has 0 fully saturated rings. The number of amides is 1. The first-order valence-corrected chi connectivity index (χ1v) is 6.86. The molecule has 1 amide bonds. The van der Waals surface area contributed by atoms with E-state index in [2.05, 4.69) is 6.58 Å². The molecule has 3 heteroatoms. The summed E-state index contributed by atoms with van der Waals surface area (Å²) in [5.41, 5.74) is 1.45. The van der Waals surface area contributed by atoms with E-state index in [1.165, 1.54) is 12.1 Å². The van der Waals surface area contributed by atoms with Gasteiger partial charge >= 0.3 is 0 Å². The van der Waals surface area contributed by atoms with Crippen LogP contribution in [-0.4, -0.2) is 13.0 Å². The lowest BCUT2D eigenvalue weighted by Gasteiger charge is -2.27. The Kier molecular flexibility index (Phi) is 3.13. The number of hydrogen-bond donors (Lipinski definition) is 0. The SMILES string of the molecule is C=CCC1(c2ccccc2)C(=O)N(C)c2ccc(F)cc21. The summed E-state index contributed by atoms with van der Waals surface area (Å²) in [6.07, 6.45) is 2.16. The minimum absolute atomic E-state index is 0.0470. The second-order valence-corrected chi connectivity index (χ2v) is 5.29. The summed E-state index contributed by atoms with van der Waals surface area (Å²) in [6.45, 7) is 3.79. The van der Waals surface area contributed by atoms with Crippen molar-refractivity contribution in [2.75, 3.05) is 11.9 Å². The lowest BCUT2D eigenvalue weighted by Crippen LogP contribution is -2.39. The van der Waals surface area contributed by atoms with Crippen molar-refractivity contribution in [1.82, 2.24) is 0 Å². The van der Waals surface area contributed by atoms with Gasteiger partial charge in [-0.2, -0.15) is 0 Å². The standard InChI is InChI=1S/C18H16FNO/c1-3-11-18(13-7-5-4-6-8-13)15-12-14(19)9-10-16(15)20(2)17(18)21/h3-10,12H,1,11H2,2H3. The minimum Gasteiger partial charge on any atom is -0.314 e. The van der Waals surface area contributed by atoms with E-state index in [4.69, 9.17) is 0 Å². The van der Waals surface area contributed by atoms with Gasteiger partial charge in [-0.3, -0.25) is 4.79 Å². The fraction of sp³-hybridized carbons (Fsp3) is 0.167. The van der Waals surface area contributed by atoms with Gasteiger partial charge in [0.05, 0.1) is 0 Å². The van der Waals surface area contributed by atoms with Gasteiger partial charge in [-0.25, -0.2) is 4.39 Å². The number of fused-ring (bicyclic) bond motifs is 1. The number of carbonyl (C=O) groups is 1. The molecular formula is C18H16FNO. The Labute approximate surface area is 123 Å². The van der Waals surface area contributed by atoms with E-state index in [0.717, 1.165) is 11.3 Å². The molecule has 0 spiro atoms. The van der Waals surface area contributed by atoms with Gasteiger partial charge in [0.15, 0.2) is 0 Å². The monoisotopic (exact) mass is 281 g/mol. The van der Waals surface area contributed by atoms with E-state index < -0.39 is 5.41 Å². The van der Waals surface area contributed by atoms with Gasteiger partial charge in [0.1, 0.15) is 11.2 Å². The molecule has 0 N–H and O–H groups in total. The normalized spacial score (nSPS) is 20.5. The predicted molar refractivity (Wildman–Crippen MR) is 81.8 cm³/mol. The minimum atomic E-state index is -0.880. The van der Waals surface area contributed by atoms with Gasteiger partial charge in [0, 0.05) is 12.7 Å². The Bertz CT molecular complexity index is 710. The summed E-state index contributed by atoms with van der Waals surface area (Å²) in [5, 5.41) is 0. The Balaban J connectivity index is 2.33. The van der Waals surface area contributed by atoms with E-state index in [0.29, 0.717) is 12.0 Å². The smallest absolute Gasteiger partial charge is 0.242 e. The van der Waals surface area contributed by atoms with Crippen LogP contribution in [0.15, 0.2) is 61.2 Å². The van der Waals surface area contributed by atoms with Gasteiger partial charge in [0.2, 0.25) is 5.91 Å². The molecule has 1 unspecified atom stereocenters. The van der Waals surface area contributed by atoms with Crippen LogP contribution in [0.25, 0.3) is 0 Å². The highest BCUT2D eigenvalue weighted by Crippen LogP contribution is 2.48. The predicted octanol–water partition coefficient (Wildman–Crippen LogP) is 3.66. The summed E-state index contributed by atoms with van der Waals surface area (Å²) in [6, 6.07) is 14.0. The van der Waals surface area contributed by atoms with E-state index in [1.54, 1.807) is 24.1 Å². The van der Waals surface area contributed by atoms with Crippen LogP contribution in [0.4, 0.5) is 10.1 Å². The van der Waals surface area contributed by atoms with Crippen LogP contribution in [-0.2, 0) is 10.2 Å². The number of benzene rings is 2. The van der Waals surface area contributed by atoms with Crippen LogP contribution in [0.2, 0.25) is 0 Å². The molecule has 0 aliphatic carbocycles. The molecule has 1 atom stereocenters. The Morgan fingerprint density at radius 3 is 2.62 bits per heavy atom. The van der Waals surface area contributed by atoms with Gasteiger partial charge in [0.25, 0.3) is 0 Å². The average molecular weight is 281 g/mol. The van der Waals surface area contributed by atoms with Gasteiger partial charge in [-0.15, -0.1) is 6.58 Å². The summed E-state index contributed by atoms with van der Waals surface area (Å²) >= 11 is 0. The summed E-state index contributed by atoms with van der Waals surface area (Å²) < 4.78 is 13.8. The largest absolute Gasteiger partial charge is 0.314 e. The van der Waals surface area contributed by atoms with E-state index in [-0.39, 0.29) is 11.7 Å². The Morgan fingerprint density at radius 2 is 1.95 bits per heavy atom. The first kappa shape index (κ1) is 13.6. The Hall–Kier alpha value is -2.42. The molecule has 2 aromatic rings. The summed E-state index contributed by atoms with van der Waals surface area (Å²) in [5.74, 6) is -0.379. The average Bonchev–Trinajstić information content (AvgIpc) is 2.71. The van der Waals surface area contributed by atoms with Crippen molar-refractivity contribution in [3.8, 4) is 0 Å². The number of likely N-dealkylation sites (N-methyl/N-ethyl adjacent to an activating group) is 1. The fourth-order valence-electron chi connectivity index (χ4n) is 3.19. The van der Waals surface area contributed by atoms with Crippen molar-refractivity contribution >= 4 is 11.6 Å². The van der Waals surface area contributed by atoms with E-state index >= 15 is 0 Å². The molecule has 0 saturated carbocycles. The van der Waals surface area contributed by atoms with Crippen molar-refractivity contribution in [3.05, 3.63) is 78.1 Å². The lowest BCUT2D eigenvalue weighted by molar-refractivity contribution is -0.121. The van der Waals surface area contributed by atoms with Gasteiger partial charge < -0.3 is 4.90 Å². The molecule has 1 heterocycles. The number of nitrogens with zero attached hydrogens (tertiary/aromatic N) is 1. The highest BCUT2D eigenvalue weighted by molar-refractivity contribution is 6.10. The fourth-order valence-corrected chi connectivity index (χ4v) is 3.19. The lowest BCUT2D eigenvalue weighted by atomic mass is 9.73.